The molecule has 1 aliphatic heterocycles. The molecule has 0 bridgehead atoms. The van der Waals surface area contributed by atoms with E-state index in [-0.39, 0.29) is 0 Å². The Morgan fingerprint density at radius 1 is 1.29 bits per heavy atom. The van der Waals surface area contributed by atoms with Crippen LogP contribution in [0.1, 0.15) is 25.7 Å². The molecule has 112 valence electrons. The summed E-state index contributed by atoms with van der Waals surface area (Å²) >= 11 is 0. The summed E-state index contributed by atoms with van der Waals surface area (Å²) in [5.41, 5.74) is 2.21. The van der Waals surface area contributed by atoms with E-state index >= 15 is 0 Å². The summed E-state index contributed by atoms with van der Waals surface area (Å²) in [6, 6.07) is 2.65. The second-order valence-electron chi connectivity index (χ2n) is 6.50. The third-order valence-corrected chi connectivity index (χ3v) is 4.70. The van der Waals surface area contributed by atoms with Gasteiger partial charge in [0.2, 0.25) is 0 Å². The fraction of sp³-hybridized carbons (Fsp3) is 0.625. The summed E-state index contributed by atoms with van der Waals surface area (Å²) < 4.78 is 2.07. The number of fused-ring (bicyclic) bond motifs is 1. The van der Waals surface area contributed by atoms with E-state index in [4.69, 9.17) is 0 Å². The summed E-state index contributed by atoms with van der Waals surface area (Å²) in [6.45, 7) is 3.34. The van der Waals surface area contributed by atoms with Gasteiger partial charge in [-0.15, -0.1) is 0 Å². The van der Waals surface area contributed by atoms with Crippen LogP contribution in [-0.4, -0.2) is 40.2 Å². The van der Waals surface area contributed by atoms with Gasteiger partial charge in [-0.2, -0.15) is 0 Å². The van der Waals surface area contributed by atoms with Crippen molar-refractivity contribution < 1.29 is 0 Å². The van der Waals surface area contributed by atoms with Crippen molar-refractivity contribution in [2.75, 3.05) is 24.5 Å². The van der Waals surface area contributed by atoms with Crippen molar-refractivity contribution in [1.82, 2.24) is 19.9 Å². The molecule has 1 unspecified atom stereocenters. The normalized spacial score (nSPS) is 22.0. The largest absolute Gasteiger partial charge is 0.353 e. The Balaban J connectivity index is 1.66. The number of hydrogen-bond donors (Lipinski definition) is 1. The number of nitrogens with zero attached hydrogens (tertiary/aromatic N) is 4. The van der Waals surface area contributed by atoms with Crippen LogP contribution >= 0.6 is 0 Å². The van der Waals surface area contributed by atoms with Crippen molar-refractivity contribution in [1.29, 1.82) is 0 Å². The fourth-order valence-corrected chi connectivity index (χ4v) is 3.32. The first kappa shape index (κ1) is 13.1. The van der Waals surface area contributed by atoms with Crippen LogP contribution in [0.4, 0.5) is 5.82 Å². The number of imidazole rings is 1. The highest BCUT2D eigenvalue weighted by molar-refractivity contribution is 5.86. The molecule has 2 aromatic heterocycles. The Morgan fingerprint density at radius 3 is 2.95 bits per heavy atom. The van der Waals surface area contributed by atoms with E-state index < -0.39 is 0 Å². The standard InChI is InChI=1S/C16H23N5/c1-20-11-19-15-14(20)6-8-18-16(15)21(9-12-4-5-12)10-13-3-2-7-17-13/h6,8,11-13,17H,2-5,7,9-10H2,1H3. The summed E-state index contributed by atoms with van der Waals surface area (Å²) in [6.07, 6.45) is 9.11. The van der Waals surface area contributed by atoms with Crippen LogP contribution in [0.25, 0.3) is 11.0 Å². The fourth-order valence-electron chi connectivity index (χ4n) is 3.32. The van der Waals surface area contributed by atoms with Gasteiger partial charge in [-0.3, -0.25) is 0 Å². The number of hydrogen-bond acceptors (Lipinski definition) is 4. The van der Waals surface area contributed by atoms with Gasteiger partial charge in [-0.05, 0) is 44.2 Å². The van der Waals surface area contributed by atoms with Gasteiger partial charge in [0.25, 0.3) is 0 Å². The molecule has 1 saturated heterocycles. The smallest absolute Gasteiger partial charge is 0.156 e. The van der Waals surface area contributed by atoms with E-state index in [9.17, 15) is 0 Å². The molecule has 1 saturated carbocycles. The summed E-state index contributed by atoms with van der Waals surface area (Å²) in [5, 5.41) is 3.61. The molecule has 3 heterocycles. The molecule has 1 N–H and O–H groups in total. The molecule has 0 aromatic carbocycles. The Labute approximate surface area is 125 Å². The van der Waals surface area contributed by atoms with Crippen LogP contribution in [0.2, 0.25) is 0 Å². The lowest BCUT2D eigenvalue weighted by Gasteiger charge is -2.27. The Kier molecular flexibility index (Phi) is 3.30. The van der Waals surface area contributed by atoms with Crippen LogP contribution in [0.3, 0.4) is 0 Å². The van der Waals surface area contributed by atoms with E-state index in [2.05, 4.69) is 30.8 Å². The van der Waals surface area contributed by atoms with Gasteiger partial charge in [0.05, 0.1) is 11.8 Å². The van der Waals surface area contributed by atoms with Crippen LogP contribution in [-0.2, 0) is 7.05 Å². The van der Waals surface area contributed by atoms with Crippen molar-refractivity contribution >= 4 is 16.9 Å². The molecule has 0 amide bonds. The predicted octanol–water partition coefficient (Wildman–Crippen LogP) is 1.94. The van der Waals surface area contributed by atoms with E-state index in [1.807, 2.05) is 19.6 Å². The minimum atomic E-state index is 0.601. The zero-order valence-corrected chi connectivity index (χ0v) is 12.6. The quantitative estimate of drug-likeness (QED) is 0.912. The zero-order chi connectivity index (χ0) is 14.2. The van der Waals surface area contributed by atoms with Gasteiger partial charge >= 0.3 is 0 Å². The SMILES string of the molecule is Cn1cnc2c(N(CC3CC3)CC3CCCN3)nccc21. The molecule has 1 aliphatic carbocycles. The topological polar surface area (TPSA) is 46.0 Å². The first-order valence-electron chi connectivity index (χ1n) is 8.05. The average molecular weight is 285 g/mol. The first-order valence-corrected chi connectivity index (χ1v) is 8.05. The minimum Gasteiger partial charge on any atom is -0.353 e. The number of pyridine rings is 1. The van der Waals surface area contributed by atoms with Gasteiger partial charge in [-0.1, -0.05) is 0 Å². The van der Waals surface area contributed by atoms with Crippen LogP contribution < -0.4 is 10.2 Å². The molecule has 21 heavy (non-hydrogen) atoms. The highest BCUT2D eigenvalue weighted by Crippen LogP contribution is 2.33. The van der Waals surface area contributed by atoms with Crippen molar-refractivity contribution in [3.8, 4) is 0 Å². The number of rotatable bonds is 5. The number of anilines is 1. The average Bonchev–Trinajstić information content (AvgIpc) is 3.01. The highest BCUT2D eigenvalue weighted by atomic mass is 15.2. The van der Waals surface area contributed by atoms with Gasteiger partial charge in [0.1, 0.15) is 5.52 Å². The first-order chi connectivity index (χ1) is 10.3. The van der Waals surface area contributed by atoms with Crippen molar-refractivity contribution in [2.24, 2.45) is 13.0 Å². The van der Waals surface area contributed by atoms with Crippen molar-refractivity contribution in [3.63, 3.8) is 0 Å². The van der Waals surface area contributed by atoms with Crippen LogP contribution in [0.15, 0.2) is 18.6 Å². The van der Waals surface area contributed by atoms with E-state index in [0.29, 0.717) is 6.04 Å². The number of aromatic nitrogens is 3. The van der Waals surface area contributed by atoms with E-state index in [0.717, 1.165) is 36.9 Å². The Hall–Kier alpha value is -1.62. The second-order valence-corrected chi connectivity index (χ2v) is 6.50. The summed E-state index contributed by atoms with van der Waals surface area (Å²) in [7, 11) is 2.04. The maximum absolute atomic E-state index is 4.67. The molecule has 5 heteroatoms. The summed E-state index contributed by atoms with van der Waals surface area (Å²) in [5.74, 6) is 1.92. The van der Waals surface area contributed by atoms with Gasteiger partial charge in [-0.25, -0.2) is 9.97 Å². The third-order valence-electron chi connectivity index (χ3n) is 4.70. The molecular weight excluding hydrogens is 262 g/mol. The molecule has 2 aromatic rings. The minimum absolute atomic E-state index is 0.601. The Morgan fingerprint density at radius 2 is 2.19 bits per heavy atom. The number of nitrogens with one attached hydrogen (secondary N) is 1. The van der Waals surface area contributed by atoms with E-state index in [1.165, 1.54) is 31.2 Å². The molecule has 4 rings (SSSR count). The predicted molar refractivity (Wildman–Crippen MR) is 84.5 cm³/mol. The second kappa shape index (κ2) is 5.30. The molecule has 0 spiro atoms. The van der Waals surface area contributed by atoms with Gasteiger partial charge in [0.15, 0.2) is 5.82 Å². The summed E-state index contributed by atoms with van der Waals surface area (Å²) in [4.78, 5) is 11.7. The van der Waals surface area contributed by atoms with E-state index in [1.54, 1.807) is 0 Å². The maximum atomic E-state index is 4.67. The Bertz CT molecular complexity index is 625. The lowest BCUT2D eigenvalue weighted by atomic mass is 10.2. The molecular formula is C16H23N5. The maximum Gasteiger partial charge on any atom is 0.156 e. The lowest BCUT2D eigenvalue weighted by Crippen LogP contribution is -2.39. The van der Waals surface area contributed by atoms with Crippen LogP contribution in [0, 0.1) is 5.92 Å². The molecule has 2 aliphatic rings. The van der Waals surface area contributed by atoms with Gasteiger partial charge in [0, 0.05) is 32.4 Å². The molecule has 5 nitrogen and oxygen atoms in total. The zero-order valence-electron chi connectivity index (χ0n) is 12.6. The third kappa shape index (κ3) is 2.62. The van der Waals surface area contributed by atoms with Crippen molar-refractivity contribution in [3.05, 3.63) is 18.6 Å². The monoisotopic (exact) mass is 285 g/mol. The molecule has 2 fully saturated rings. The lowest BCUT2D eigenvalue weighted by molar-refractivity contribution is 0.568. The van der Waals surface area contributed by atoms with Gasteiger partial charge < -0.3 is 14.8 Å². The van der Waals surface area contributed by atoms with Crippen molar-refractivity contribution in [2.45, 2.75) is 31.7 Å². The highest BCUT2D eigenvalue weighted by Gasteiger charge is 2.28. The molecule has 0 radical (unpaired) electrons. The number of aryl methyl sites for hydroxylation is 1. The van der Waals surface area contributed by atoms with Crippen LogP contribution in [0.5, 0.6) is 0 Å². The molecule has 1 atom stereocenters.